The monoisotopic (exact) mass is 608 g/mol. The van der Waals surface area contributed by atoms with Gasteiger partial charge in [-0.25, -0.2) is 0 Å². The molecule has 1 aliphatic carbocycles. The molecule has 218 valence electrons. The Morgan fingerprint density at radius 1 is 0.727 bits per heavy atom. The minimum atomic E-state index is 0.949. The number of para-hydroxylation sites is 3. The summed E-state index contributed by atoms with van der Waals surface area (Å²) < 4.78 is 1.36. The van der Waals surface area contributed by atoms with E-state index >= 15 is 0 Å². The van der Waals surface area contributed by atoms with E-state index in [4.69, 9.17) is 0 Å². The molecule has 4 heteroatoms. The fraction of sp³-hybridized carbons (Fsp3) is 0.150. The van der Waals surface area contributed by atoms with Gasteiger partial charge in [0.05, 0.1) is 16.4 Å². The molecule has 0 N–H and O–H groups in total. The first-order valence-corrected chi connectivity index (χ1v) is 17.2. The highest BCUT2D eigenvalue weighted by molar-refractivity contribution is 8.03. The van der Waals surface area contributed by atoms with Gasteiger partial charge in [0.1, 0.15) is 0 Å². The minimum Gasteiger partial charge on any atom is -0.335 e. The molecule has 2 nitrogen and oxygen atoms in total. The zero-order chi connectivity index (χ0) is 29.9. The average molecular weight is 609 g/mol. The third kappa shape index (κ3) is 5.45. The van der Waals surface area contributed by atoms with Crippen molar-refractivity contribution >= 4 is 56.3 Å². The number of allylic oxidation sites excluding steroid dienone is 5. The van der Waals surface area contributed by atoms with Crippen LogP contribution < -0.4 is 9.80 Å². The van der Waals surface area contributed by atoms with Crippen LogP contribution in [-0.4, -0.2) is 6.54 Å². The van der Waals surface area contributed by atoms with Crippen LogP contribution in [0, 0.1) is 0 Å². The summed E-state index contributed by atoms with van der Waals surface area (Å²) in [6, 6.07) is 39.2. The summed E-state index contributed by atoms with van der Waals surface area (Å²) in [6.45, 7) is 5.45. The number of nitrogens with zero attached hydrogens (tertiary/aromatic N) is 2. The summed E-state index contributed by atoms with van der Waals surface area (Å²) in [5.74, 6) is 0. The van der Waals surface area contributed by atoms with Crippen molar-refractivity contribution < 1.29 is 0 Å². The van der Waals surface area contributed by atoms with Crippen molar-refractivity contribution in [1.82, 2.24) is 0 Å². The van der Waals surface area contributed by atoms with E-state index in [1.165, 1.54) is 64.4 Å². The normalized spacial score (nSPS) is 16.6. The highest BCUT2D eigenvalue weighted by Gasteiger charge is 2.27. The van der Waals surface area contributed by atoms with Gasteiger partial charge < -0.3 is 9.80 Å². The number of aryl methyl sites for hydroxylation is 1. The number of hydrogen-bond donors (Lipinski definition) is 0. The van der Waals surface area contributed by atoms with Crippen LogP contribution >= 0.6 is 23.1 Å². The Hall–Kier alpha value is -4.25. The lowest BCUT2D eigenvalue weighted by molar-refractivity contribution is 1.000. The lowest BCUT2D eigenvalue weighted by atomic mass is 10.1. The first kappa shape index (κ1) is 28.5. The molecule has 2 heterocycles. The van der Waals surface area contributed by atoms with Crippen LogP contribution in [0.1, 0.15) is 37.1 Å². The first-order chi connectivity index (χ1) is 21.7. The Morgan fingerprint density at radius 3 is 2.14 bits per heavy atom. The van der Waals surface area contributed by atoms with Crippen LogP contribution in [0.25, 0.3) is 16.2 Å². The molecule has 44 heavy (non-hydrogen) atoms. The van der Waals surface area contributed by atoms with Crippen LogP contribution in [0.2, 0.25) is 0 Å². The molecule has 0 bridgehead atoms. The minimum absolute atomic E-state index is 0.949. The number of benzene rings is 4. The number of rotatable bonds is 8. The van der Waals surface area contributed by atoms with Crippen molar-refractivity contribution in [3.8, 4) is 0 Å². The van der Waals surface area contributed by atoms with E-state index < -0.39 is 0 Å². The maximum Gasteiger partial charge on any atom is 0.0801 e. The molecule has 2 aliphatic rings. The Labute approximate surface area is 269 Å². The maximum absolute atomic E-state index is 2.46. The molecule has 0 amide bonds. The van der Waals surface area contributed by atoms with Crippen molar-refractivity contribution in [2.75, 3.05) is 16.3 Å². The summed E-state index contributed by atoms with van der Waals surface area (Å²) in [6.07, 6.45) is 12.5. The molecular weight excluding hydrogens is 573 g/mol. The number of thioether (sulfide) groups is 1. The van der Waals surface area contributed by atoms with Gasteiger partial charge in [0.2, 0.25) is 0 Å². The number of thiophene rings is 1. The molecule has 7 rings (SSSR count). The van der Waals surface area contributed by atoms with Gasteiger partial charge in [-0.3, -0.25) is 0 Å². The number of hydrogen-bond acceptors (Lipinski definition) is 4. The fourth-order valence-corrected chi connectivity index (χ4v) is 8.68. The average Bonchev–Trinajstić information content (AvgIpc) is 3.76. The fourth-order valence-electron chi connectivity index (χ4n) is 6.35. The van der Waals surface area contributed by atoms with Gasteiger partial charge in [0, 0.05) is 32.4 Å². The van der Waals surface area contributed by atoms with Crippen LogP contribution in [0.5, 0.6) is 0 Å². The lowest BCUT2D eigenvalue weighted by Crippen LogP contribution is -2.18. The van der Waals surface area contributed by atoms with E-state index in [1.807, 2.05) is 23.1 Å². The molecule has 5 aromatic rings. The predicted molar refractivity (Wildman–Crippen MR) is 193 cm³/mol. The van der Waals surface area contributed by atoms with Crippen LogP contribution in [0.3, 0.4) is 0 Å². The topological polar surface area (TPSA) is 6.48 Å². The number of fused-ring (bicyclic) bond motifs is 2. The van der Waals surface area contributed by atoms with E-state index in [0.717, 1.165) is 25.8 Å². The standard InChI is InChI=1S/C40H36N2S2/c1-3-33-34-19-11-13-21-36(34)43-37(33)27-25-29-23-24-30(26-28-39-41(4-2)35-20-12-14-22-38(35)44-39)40(29)42(31-15-7-5-8-16-31)32-17-9-6-10-18-32/h5-22,25-28H,3-4,23-24H2,1-2H3/b27-25-,30-26?,39-28+. The Kier molecular flexibility index (Phi) is 8.28. The first-order valence-electron chi connectivity index (χ1n) is 15.5. The van der Waals surface area contributed by atoms with Crippen molar-refractivity contribution in [2.24, 2.45) is 0 Å². The van der Waals surface area contributed by atoms with Crippen molar-refractivity contribution in [2.45, 2.75) is 38.0 Å². The van der Waals surface area contributed by atoms with E-state index in [0.29, 0.717) is 0 Å². The van der Waals surface area contributed by atoms with E-state index in [9.17, 15) is 0 Å². The van der Waals surface area contributed by atoms with Gasteiger partial charge in [-0.1, -0.05) is 97.6 Å². The highest BCUT2D eigenvalue weighted by atomic mass is 32.2. The smallest absolute Gasteiger partial charge is 0.0801 e. The molecule has 1 aromatic heterocycles. The molecular formula is C40H36N2S2. The highest BCUT2D eigenvalue weighted by Crippen LogP contribution is 2.47. The molecule has 0 saturated heterocycles. The van der Waals surface area contributed by atoms with Crippen LogP contribution in [0.4, 0.5) is 17.1 Å². The second-order valence-corrected chi connectivity index (χ2v) is 13.2. The Balaban J connectivity index is 1.36. The van der Waals surface area contributed by atoms with Crippen molar-refractivity contribution in [1.29, 1.82) is 0 Å². The second-order valence-electron chi connectivity index (χ2n) is 11.0. The van der Waals surface area contributed by atoms with E-state index in [2.05, 4.69) is 157 Å². The molecule has 0 atom stereocenters. The van der Waals surface area contributed by atoms with Crippen LogP contribution in [0.15, 0.2) is 154 Å². The molecule has 1 aliphatic heterocycles. The summed E-state index contributed by atoms with van der Waals surface area (Å²) in [5.41, 5.74) is 9.13. The zero-order valence-electron chi connectivity index (χ0n) is 25.2. The summed E-state index contributed by atoms with van der Waals surface area (Å²) in [5, 5.41) is 2.67. The molecule has 0 spiro atoms. The molecule has 4 aromatic carbocycles. The molecule has 0 fully saturated rings. The van der Waals surface area contributed by atoms with Gasteiger partial charge in [-0.05, 0) is 103 Å². The van der Waals surface area contributed by atoms with Gasteiger partial charge in [0.25, 0.3) is 0 Å². The third-order valence-corrected chi connectivity index (χ3v) is 10.7. The summed E-state index contributed by atoms with van der Waals surface area (Å²) in [4.78, 5) is 7.58. The van der Waals surface area contributed by atoms with Gasteiger partial charge >= 0.3 is 0 Å². The van der Waals surface area contributed by atoms with Gasteiger partial charge in [0.15, 0.2) is 0 Å². The van der Waals surface area contributed by atoms with Gasteiger partial charge in [-0.15, -0.1) is 11.3 Å². The van der Waals surface area contributed by atoms with Crippen molar-refractivity contribution in [3.63, 3.8) is 0 Å². The number of anilines is 3. The third-order valence-electron chi connectivity index (χ3n) is 8.42. The largest absolute Gasteiger partial charge is 0.335 e. The Morgan fingerprint density at radius 2 is 1.41 bits per heavy atom. The molecule has 0 radical (unpaired) electrons. The molecule has 0 unspecified atom stereocenters. The zero-order valence-corrected chi connectivity index (χ0v) is 26.9. The molecule has 0 saturated carbocycles. The second kappa shape index (κ2) is 12.8. The predicted octanol–water partition coefficient (Wildman–Crippen LogP) is 11.8. The quantitative estimate of drug-likeness (QED) is 0.173. The Bertz CT molecular complexity index is 1870. The van der Waals surface area contributed by atoms with Crippen LogP contribution in [-0.2, 0) is 6.42 Å². The lowest BCUT2D eigenvalue weighted by Gasteiger charge is -2.28. The maximum atomic E-state index is 2.46. The SMILES string of the molecule is CCc1c(/C=C\C2=C(N(c3ccccc3)c3ccccc3)C(=C/C=C3/Sc4ccccc4N3CC)CC2)sc2ccccc12. The van der Waals surface area contributed by atoms with Crippen molar-refractivity contribution in [3.05, 3.63) is 160 Å². The van der Waals surface area contributed by atoms with E-state index in [-0.39, 0.29) is 0 Å². The van der Waals surface area contributed by atoms with E-state index in [1.54, 1.807) is 0 Å². The summed E-state index contributed by atoms with van der Waals surface area (Å²) in [7, 11) is 0. The summed E-state index contributed by atoms with van der Waals surface area (Å²) >= 11 is 3.77. The van der Waals surface area contributed by atoms with Gasteiger partial charge in [-0.2, -0.15) is 0 Å².